The first-order chi connectivity index (χ1) is 11.2. The molecule has 3 aromatic heterocycles. The number of aryl methyl sites for hydroxylation is 2. The molecular weight excluding hydrogens is 296 g/mol. The molecule has 0 fully saturated rings. The fraction of sp³-hybridized carbons (Fsp3) is 0.267. The highest BCUT2D eigenvalue weighted by Crippen LogP contribution is 2.15. The Morgan fingerprint density at radius 3 is 2.87 bits per heavy atom. The van der Waals surface area contributed by atoms with Crippen LogP contribution in [0.3, 0.4) is 0 Å². The summed E-state index contributed by atoms with van der Waals surface area (Å²) in [5.41, 5.74) is 0.850. The Morgan fingerprint density at radius 2 is 2.13 bits per heavy atom. The van der Waals surface area contributed by atoms with E-state index in [2.05, 4.69) is 25.4 Å². The first-order valence-electron chi connectivity index (χ1n) is 7.22. The maximum absolute atomic E-state index is 11.8. The molecule has 0 aliphatic heterocycles. The van der Waals surface area contributed by atoms with Gasteiger partial charge in [0.25, 0.3) is 0 Å². The quantitative estimate of drug-likeness (QED) is 0.745. The number of aromatic nitrogens is 5. The molecule has 3 aromatic rings. The highest BCUT2D eigenvalue weighted by Gasteiger charge is 2.10. The Labute approximate surface area is 132 Å². The number of imidazole rings is 1. The van der Waals surface area contributed by atoms with Crippen molar-refractivity contribution in [2.75, 3.05) is 5.32 Å². The molecule has 0 atom stereocenters. The molecule has 0 radical (unpaired) electrons. The molecule has 3 rings (SSSR count). The van der Waals surface area contributed by atoms with E-state index in [0.29, 0.717) is 36.9 Å². The van der Waals surface area contributed by atoms with Crippen LogP contribution in [0.4, 0.5) is 5.95 Å². The van der Waals surface area contributed by atoms with Crippen molar-refractivity contribution in [2.45, 2.75) is 19.3 Å². The van der Waals surface area contributed by atoms with Crippen molar-refractivity contribution in [3.05, 3.63) is 42.8 Å². The highest BCUT2D eigenvalue weighted by molar-refractivity contribution is 5.88. The smallest absolute Gasteiger partial charge is 0.226 e. The van der Waals surface area contributed by atoms with Crippen molar-refractivity contribution < 1.29 is 9.32 Å². The molecule has 0 aliphatic rings. The van der Waals surface area contributed by atoms with Gasteiger partial charge in [0.05, 0.1) is 0 Å². The number of pyridine rings is 1. The van der Waals surface area contributed by atoms with Gasteiger partial charge < -0.3 is 9.09 Å². The fourth-order valence-corrected chi connectivity index (χ4v) is 2.05. The zero-order valence-corrected chi connectivity index (χ0v) is 12.6. The van der Waals surface area contributed by atoms with Gasteiger partial charge in [0, 0.05) is 50.2 Å². The Morgan fingerprint density at radius 1 is 1.30 bits per heavy atom. The third kappa shape index (κ3) is 3.79. The van der Waals surface area contributed by atoms with Crippen molar-refractivity contribution in [2.24, 2.45) is 7.05 Å². The number of carbonyl (C=O) groups excluding carboxylic acids is 1. The number of nitrogens with one attached hydrogen (secondary N) is 1. The zero-order valence-electron chi connectivity index (χ0n) is 12.6. The minimum Gasteiger partial charge on any atom is -0.339 e. The fourth-order valence-electron chi connectivity index (χ4n) is 2.05. The number of anilines is 1. The molecule has 118 valence electrons. The van der Waals surface area contributed by atoms with E-state index in [9.17, 15) is 4.79 Å². The number of amides is 1. The molecule has 8 heteroatoms. The standard InChI is InChI=1S/C15H16N6O2/c1-21-10-9-17-15(21)18-12(22)3-2-4-13-19-14(20-23-13)11-5-7-16-8-6-11/h5-10H,2-4H2,1H3,(H,17,18,22). The lowest BCUT2D eigenvalue weighted by Crippen LogP contribution is -2.14. The average Bonchev–Trinajstić information content (AvgIpc) is 3.18. The number of hydrogen-bond acceptors (Lipinski definition) is 6. The Hall–Kier alpha value is -3.03. The van der Waals surface area contributed by atoms with E-state index in [0.717, 1.165) is 5.56 Å². The second-order valence-corrected chi connectivity index (χ2v) is 5.01. The molecule has 1 amide bonds. The highest BCUT2D eigenvalue weighted by atomic mass is 16.5. The first kappa shape index (κ1) is 14.9. The van der Waals surface area contributed by atoms with Gasteiger partial charge in [0.15, 0.2) is 0 Å². The van der Waals surface area contributed by atoms with Gasteiger partial charge in [0.2, 0.25) is 23.6 Å². The zero-order chi connectivity index (χ0) is 16.1. The summed E-state index contributed by atoms with van der Waals surface area (Å²) in [6, 6.07) is 3.63. The maximum Gasteiger partial charge on any atom is 0.226 e. The number of rotatable bonds is 6. The van der Waals surface area contributed by atoms with Crippen LogP contribution in [0.1, 0.15) is 18.7 Å². The first-order valence-corrected chi connectivity index (χ1v) is 7.22. The van der Waals surface area contributed by atoms with Crippen molar-refractivity contribution in [3.8, 4) is 11.4 Å². The third-order valence-corrected chi connectivity index (χ3v) is 3.27. The Bertz CT molecular complexity index is 780. The lowest BCUT2D eigenvalue weighted by Gasteiger charge is -2.03. The third-order valence-electron chi connectivity index (χ3n) is 3.27. The van der Waals surface area contributed by atoms with Gasteiger partial charge in [-0.05, 0) is 18.6 Å². The molecule has 0 unspecified atom stereocenters. The van der Waals surface area contributed by atoms with Crippen LogP contribution in [0.25, 0.3) is 11.4 Å². The van der Waals surface area contributed by atoms with Crippen LogP contribution >= 0.6 is 0 Å². The van der Waals surface area contributed by atoms with E-state index in [1.807, 2.05) is 19.2 Å². The minimum atomic E-state index is -0.0897. The molecule has 23 heavy (non-hydrogen) atoms. The van der Waals surface area contributed by atoms with E-state index < -0.39 is 0 Å². The summed E-state index contributed by atoms with van der Waals surface area (Å²) in [7, 11) is 1.82. The van der Waals surface area contributed by atoms with Gasteiger partial charge >= 0.3 is 0 Å². The predicted molar refractivity (Wildman–Crippen MR) is 82.3 cm³/mol. The lowest BCUT2D eigenvalue weighted by atomic mass is 10.2. The topological polar surface area (TPSA) is 98.7 Å². The van der Waals surface area contributed by atoms with Crippen LogP contribution in [-0.2, 0) is 18.3 Å². The predicted octanol–water partition coefficient (Wildman–Crippen LogP) is 1.83. The maximum atomic E-state index is 11.8. The number of nitrogens with zero attached hydrogens (tertiary/aromatic N) is 5. The molecule has 0 saturated carbocycles. The number of carbonyl (C=O) groups is 1. The second kappa shape index (κ2) is 6.82. The van der Waals surface area contributed by atoms with Gasteiger partial charge in [0.1, 0.15) is 0 Å². The Kier molecular flexibility index (Phi) is 4.41. The van der Waals surface area contributed by atoms with Crippen LogP contribution in [0.15, 0.2) is 41.4 Å². The normalized spacial score (nSPS) is 10.7. The summed E-state index contributed by atoms with van der Waals surface area (Å²) in [5.74, 6) is 1.49. The molecule has 3 heterocycles. The molecule has 0 aliphatic carbocycles. The van der Waals surface area contributed by atoms with Gasteiger partial charge in [-0.1, -0.05) is 5.16 Å². The lowest BCUT2D eigenvalue weighted by molar-refractivity contribution is -0.116. The van der Waals surface area contributed by atoms with Gasteiger partial charge in [-0.15, -0.1) is 0 Å². The van der Waals surface area contributed by atoms with Gasteiger partial charge in [-0.2, -0.15) is 4.98 Å². The summed E-state index contributed by atoms with van der Waals surface area (Å²) in [5, 5.41) is 6.68. The van der Waals surface area contributed by atoms with E-state index in [1.165, 1.54) is 0 Å². The van der Waals surface area contributed by atoms with Gasteiger partial charge in [-0.3, -0.25) is 15.1 Å². The average molecular weight is 312 g/mol. The van der Waals surface area contributed by atoms with Gasteiger partial charge in [-0.25, -0.2) is 4.98 Å². The van der Waals surface area contributed by atoms with Crippen molar-refractivity contribution in [1.29, 1.82) is 0 Å². The van der Waals surface area contributed by atoms with Crippen LogP contribution in [0.2, 0.25) is 0 Å². The summed E-state index contributed by atoms with van der Waals surface area (Å²) in [4.78, 5) is 24.1. The summed E-state index contributed by atoms with van der Waals surface area (Å²) in [6.07, 6.45) is 8.28. The van der Waals surface area contributed by atoms with E-state index in [4.69, 9.17) is 4.52 Å². The molecule has 0 saturated heterocycles. The summed E-state index contributed by atoms with van der Waals surface area (Å²) in [6.45, 7) is 0. The van der Waals surface area contributed by atoms with Crippen LogP contribution in [0.5, 0.6) is 0 Å². The summed E-state index contributed by atoms with van der Waals surface area (Å²) >= 11 is 0. The SMILES string of the molecule is Cn1ccnc1NC(=O)CCCc1nc(-c2ccncc2)no1. The van der Waals surface area contributed by atoms with E-state index in [1.54, 1.807) is 29.4 Å². The van der Waals surface area contributed by atoms with Crippen LogP contribution in [-0.4, -0.2) is 30.6 Å². The minimum absolute atomic E-state index is 0.0897. The van der Waals surface area contributed by atoms with Crippen molar-refractivity contribution >= 4 is 11.9 Å². The van der Waals surface area contributed by atoms with E-state index >= 15 is 0 Å². The monoisotopic (exact) mass is 312 g/mol. The second-order valence-electron chi connectivity index (χ2n) is 5.01. The molecule has 0 spiro atoms. The van der Waals surface area contributed by atoms with Crippen LogP contribution < -0.4 is 5.32 Å². The molecule has 0 bridgehead atoms. The molecular formula is C15H16N6O2. The molecule has 1 N–H and O–H groups in total. The van der Waals surface area contributed by atoms with Crippen LogP contribution in [0, 0.1) is 0 Å². The van der Waals surface area contributed by atoms with Crippen molar-refractivity contribution in [1.82, 2.24) is 24.7 Å². The van der Waals surface area contributed by atoms with E-state index in [-0.39, 0.29) is 5.91 Å². The van der Waals surface area contributed by atoms with Crippen molar-refractivity contribution in [3.63, 3.8) is 0 Å². The number of hydrogen-bond donors (Lipinski definition) is 1. The summed E-state index contributed by atoms with van der Waals surface area (Å²) < 4.78 is 6.94. The molecule has 0 aromatic carbocycles. The largest absolute Gasteiger partial charge is 0.339 e. The Balaban J connectivity index is 1.49. The molecule has 8 nitrogen and oxygen atoms in total.